The van der Waals surface area contributed by atoms with Crippen molar-refractivity contribution in [1.29, 1.82) is 0 Å². The third-order valence-corrected chi connectivity index (χ3v) is 2.74. The molecule has 0 bridgehead atoms. The SMILES string of the molecule is CNCc1ncc(-c2ccc(Cl)cc2Cl)[nH]1. The molecule has 0 saturated heterocycles. The first-order valence-corrected chi connectivity index (χ1v) is 5.60. The number of benzene rings is 1. The summed E-state index contributed by atoms with van der Waals surface area (Å²) in [6.07, 6.45) is 1.77. The van der Waals surface area contributed by atoms with E-state index in [0.29, 0.717) is 16.6 Å². The topological polar surface area (TPSA) is 40.7 Å². The van der Waals surface area contributed by atoms with Gasteiger partial charge in [0.1, 0.15) is 5.82 Å². The maximum atomic E-state index is 6.10. The number of aromatic nitrogens is 2. The molecule has 0 aliphatic heterocycles. The lowest BCUT2D eigenvalue weighted by molar-refractivity contribution is 0.772. The fourth-order valence-corrected chi connectivity index (χ4v) is 1.97. The van der Waals surface area contributed by atoms with E-state index in [1.165, 1.54) is 0 Å². The van der Waals surface area contributed by atoms with E-state index in [9.17, 15) is 0 Å². The minimum atomic E-state index is 0.618. The Hall–Kier alpha value is -1.03. The molecule has 0 saturated carbocycles. The summed E-state index contributed by atoms with van der Waals surface area (Å²) in [5.41, 5.74) is 1.80. The van der Waals surface area contributed by atoms with Crippen molar-refractivity contribution in [2.45, 2.75) is 6.54 Å². The van der Waals surface area contributed by atoms with Crippen LogP contribution in [0.2, 0.25) is 10.0 Å². The number of hydrogen-bond donors (Lipinski definition) is 2. The van der Waals surface area contributed by atoms with Crippen LogP contribution in [-0.2, 0) is 6.54 Å². The Morgan fingerprint density at radius 2 is 2.19 bits per heavy atom. The van der Waals surface area contributed by atoms with Crippen LogP contribution in [0.5, 0.6) is 0 Å². The molecule has 1 aromatic carbocycles. The van der Waals surface area contributed by atoms with Crippen molar-refractivity contribution in [3.63, 3.8) is 0 Å². The molecule has 1 heterocycles. The van der Waals surface area contributed by atoms with Gasteiger partial charge in [-0.3, -0.25) is 0 Å². The molecule has 2 rings (SSSR count). The first-order valence-electron chi connectivity index (χ1n) is 4.84. The highest BCUT2D eigenvalue weighted by Gasteiger charge is 2.07. The molecule has 0 aliphatic rings. The van der Waals surface area contributed by atoms with Crippen molar-refractivity contribution >= 4 is 23.2 Å². The minimum absolute atomic E-state index is 0.618. The van der Waals surface area contributed by atoms with Crippen LogP contribution in [0.4, 0.5) is 0 Å². The molecule has 0 atom stereocenters. The summed E-state index contributed by atoms with van der Waals surface area (Å²) in [5.74, 6) is 0.878. The van der Waals surface area contributed by atoms with Gasteiger partial charge in [0, 0.05) is 10.6 Å². The van der Waals surface area contributed by atoms with E-state index in [2.05, 4.69) is 15.3 Å². The number of nitrogens with zero attached hydrogens (tertiary/aromatic N) is 1. The Labute approximate surface area is 104 Å². The van der Waals surface area contributed by atoms with Crippen molar-refractivity contribution in [3.8, 4) is 11.3 Å². The second-order valence-electron chi connectivity index (χ2n) is 3.40. The van der Waals surface area contributed by atoms with Gasteiger partial charge in [0.2, 0.25) is 0 Å². The monoisotopic (exact) mass is 255 g/mol. The summed E-state index contributed by atoms with van der Waals surface area (Å²) in [6.45, 7) is 0.700. The van der Waals surface area contributed by atoms with Gasteiger partial charge in [0.15, 0.2) is 0 Å². The van der Waals surface area contributed by atoms with Gasteiger partial charge in [-0.1, -0.05) is 23.2 Å². The first kappa shape index (κ1) is 11.5. The van der Waals surface area contributed by atoms with Gasteiger partial charge < -0.3 is 10.3 Å². The molecular formula is C11H11Cl2N3. The van der Waals surface area contributed by atoms with E-state index >= 15 is 0 Å². The highest BCUT2D eigenvalue weighted by molar-refractivity contribution is 6.36. The van der Waals surface area contributed by atoms with Crippen LogP contribution < -0.4 is 5.32 Å². The standard InChI is InChI=1S/C11H11Cl2N3/c1-14-6-11-15-5-10(16-11)8-3-2-7(12)4-9(8)13/h2-5,14H,6H2,1H3,(H,15,16). The number of aromatic amines is 1. The Morgan fingerprint density at radius 1 is 1.38 bits per heavy atom. The van der Waals surface area contributed by atoms with Gasteiger partial charge in [0.25, 0.3) is 0 Å². The molecule has 2 aromatic rings. The van der Waals surface area contributed by atoms with Crippen molar-refractivity contribution in [2.24, 2.45) is 0 Å². The fourth-order valence-electron chi connectivity index (χ4n) is 1.46. The van der Waals surface area contributed by atoms with Gasteiger partial charge in [0.05, 0.1) is 23.5 Å². The molecule has 3 nitrogen and oxygen atoms in total. The zero-order chi connectivity index (χ0) is 11.5. The molecule has 0 unspecified atom stereocenters. The number of nitrogens with one attached hydrogen (secondary N) is 2. The average molecular weight is 256 g/mol. The van der Waals surface area contributed by atoms with E-state index < -0.39 is 0 Å². The molecule has 0 aliphatic carbocycles. The summed E-state index contributed by atoms with van der Waals surface area (Å²) in [4.78, 5) is 7.43. The van der Waals surface area contributed by atoms with Crippen molar-refractivity contribution < 1.29 is 0 Å². The number of halogens is 2. The smallest absolute Gasteiger partial charge is 0.120 e. The highest BCUT2D eigenvalue weighted by Crippen LogP contribution is 2.28. The van der Waals surface area contributed by atoms with Gasteiger partial charge in [-0.15, -0.1) is 0 Å². The predicted molar refractivity (Wildman–Crippen MR) is 66.8 cm³/mol. The van der Waals surface area contributed by atoms with Gasteiger partial charge >= 0.3 is 0 Å². The molecule has 2 N–H and O–H groups in total. The lowest BCUT2D eigenvalue weighted by atomic mass is 10.2. The van der Waals surface area contributed by atoms with Gasteiger partial charge in [-0.25, -0.2) is 4.98 Å². The summed E-state index contributed by atoms with van der Waals surface area (Å²) < 4.78 is 0. The zero-order valence-corrected chi connectivity index (χ0v) is 10.2. The minimum Gasteiger partial charge on any atom is -0.341 e. The largest absolute Gasteiger partial charge is 0.341 e. The quantitative estimate of drug-likeness (QED) is 0.885. The van der Waals surface area contributed by atoms with Gasteiger partial charge in [-0.2, -0.15) is 0 Å². The maximum absolute atomic E-state index is 6.10. The zero-order valence-electron chi connectivity index (χ0n) is 8.72. The summed E-state index contributed by atoms with van der Waals surface area (Å²) >= 11 is 11.9. The molecular weight excluding hydrogens is 245 g/mol. The second-order valence-corrected chi connectivity index (χ2v) is 4.24. The van der Waals surface area contributed by atoms with Crippen LogP contribution in [0, 0.1) is 0 Å². The summed E-state index contributed by atoms with van der Waals surface area (Å²) in [7, 11) is 1.87. The predicted octanol–water partition coefficient (Wildman–Crippen LogP) is 3.10. The molecule has 0 fully saturated rings. The van der Waals surface area contributed by atoms with Crippen LogP contribution in [-0.4, -0.2) is 17.0 Å². The lowest BCUT2D eigenvalue weighted by Crippen LogP contribution is -2.06. The van der Waals surface area contributed by atoms with E-state index in [1.807, 2.05) is 13.1 Å². The Balaban J connectivity index is 2.35. The van der Waals surface area contributed by atoms with Crippen LogP contribution in [0.1, 0.15) is 5.82 Å². The van der Waals surface area contributed by atoms with Crippen LogP contribution >= 0.6 is 23.2 Å². The molecule has 16 heavy (non-hydrogen) atoms. The fraction of sp³-hybridized carbons (Fsp3) is 0.182. The number of H-pyrrole nitrogens is 1. The van der Waals surface area contributed by atoms with E-state index in [-0.39, 0.29) is 0 Å². The maximum Gasteiger partial charge on any atom is 0.120 e. The Kier molecular flexibility index (Phi) is 3.49. The molecule has 1 aromatic heterocycles. The molecule has 0 radical (unpaired) electrons. The van der Waals surface area contributed by atoms with Gasteiger partial charge in [-0.05, 0) is 25.2 Å². The van der Waals surface area contributed by atoms with Crippen LogP contribution in [0.3, 0.4) is 0 Å². The van der Waals surface area contributed by atoms with Crippen LogP contribution in [0.25, 0.3) is 11.3 Å². The lowest BCUT2D eigenvalue weighted by Gasteiger charge is -2.01. The summed E-state index contributed by atoms with van der Waals surface area (Å²) in [6, 6.07) is 5.40. The number of rotatable bonds is 3. The van der Waals surface area contributed by atoms with E-state index in [0.717, 1.165) is 17.1 Å². The summed E-state index contributed by atoms with van der Waals surface area (Å²) in [5, 5.41) is 4.27. The van der Waals surface area contributed by atoms with Crippen molar-refractivity contribution in [2.75, 3.05) is 7.05 Å². The molecule has 84 valence electrons. The first-order chi connectivity index (χ1) is 7.70. The normalized spacial score (nSPS) is 10.7. The highest BCUT2D eigenvalue weighted by atomic mass is 35.5. The molecule has 0 amide bonds. The van der Waals surface area contributed by atoms with E-state index in [1.54, 1.807) is 18.3 Å². The van der Waals surface area contributed by atoms with Crippen molar-refractivity contribution in [1.82, 2.24) is 15.3 Å². The third kappa shape index (κ3) is 2.38. The number of imidazole rings is 1. The van der Waals surface area contributed by atoms with E-state index in [4.69, 9.17) is 23.2 Å². The second kappa shape index (κ2) is 4.87. The molecule has 0 spiro atoms. The third-order valence-electron chi connectivity index (χ3n) is 2.19. The Morgan fingerprint density at radius 3 is 2.88 bits per heavy atom. The average Bonchev–Trinajstić information content (AvgIpc) is 2.67. The molecule has 5 heteroatoms. The number of hydrogen-bond acceptors (Lipinski definition) is 2. The Bertz CT molecular complexity index is 494. The van der Waals surface area contributed by atoms with Crippen LogP contribution in [0.15, 0.2) is 24.4 Å². The van der Waals surface area contributed by atoms with Crippen molar-refractivity contribution in [3.05, 3.63) is 40.3 Å².